The summed E-state index contributed by atoms with van der Waals surface area (Å²) in [5, 5.41) is 0. The van der Waals surface area contributed by atoms with Gasteiger partial charge in [-0.15, -0.1) is 0 Å². The molecule has 1 aromatic rings. The summed E-state index contributed by atoms with van der Waals surface area (Å²) in [4.78, 5) is 13.1. The molecule has 16 heavy (non-hydrogen) atoms. The van der Waals surface area contributed by atoms with E-state index in [1.165, 1.54) is 12.1 Å². The molecule has 0 spiro atoms. The van der Waals surface area contributed by atoms with Crippen molar-refractivity contribution in [3.05, 3.63) is 29.8 Å². The average Bonchev–Trinajstić information content (AvgIpc) is 2.28. The highest BCUT2D eigenvalue weighted by molar-refractivity contribution is 5.77. The molecule has 1 fully saturated rings. The molecule has 2 unspecified atom stereocenters. The number of nitrogens with zero attached hydrogens (tertiary/aromatic N) is 1. The summed E-state index contributed by atoms with van der Waals surface area (Å²) in [5.74, 6) is 1.48. The number of hydrogen-bond donors (Lipinski definition) is 0. The quantitative estimate of drug-likeness (QED) is 0.710. The Morgan fingerprint density at radius 1 is 1.25 bits per heavy atom. The van der Waals surface area contributed by atoms with Crippen LogP contribution >= 0.6 is 0 Å². The van der Waals surface area contributed by atoms with Crippen molar-refractivity contribution >= 4 is 12.0 Å². The van der Waals surface area contributed by atoms with Gasteiger partial charge in [0.1, 0.15) is 6.29 Å². The lowest BCUT2D eigenvalue weighted by molar-refractivity contribution is 0.112. The molecule has 0 aliphatic carbocycles. The molecule has 1 aromatic carbocycles. The van der Waals surface area contributed by atoms with Gasteiger partial charge in [-0.05, 0) is 30.4 Å². The van der Waals surface area contributed by atoms with Crippen LogP contribution < -0.4 is 4.90 Å². The standard InChI is InChI=1S/C14H19NO/c1-11-6-12(2)9-15(8-11)14-5-3-4-13(7-14)10-16/h3-5,7,10-12H,6,8-9H2,1-2H3. The molecule has 1 saturated heterocycles. The van der Waals surface area contributed by atoms with Crippen molar-refractivity contribution in [1.29, 1.82) is 0 Å². The van der Waals surface area contributed by atoms with E-state index >= 15 is 0 Å². The van der Waals surface area contributed by atoms with Crippen molar-refractivity contribution in [1.82, 2.24) is 0 Å². The van der Waals surface area contributed by atoms with Crippen molar-refractivity contribution in [3.63, 3.8) is 0 Å². The molecule has 0 aromatic heterocycles. The number of carbonyl (C=O) groups excluding carboxylic acids is 1. The van der Waals surface area contributed by atoms with Crippen LogP contribution in [0.5, 0.6) is 0 Å². The maximum atomic E-state index is 10.8. The lowest BCUT2D eigenvalue weighted by atomic mass is 9.91. The van der Waals surface area contributed by atoms with Crippen molar-refractivity contribution < 1.29 is 4.79 Å². The van der Waals surface area contributed by atoms with Crippen LogP contribution in [0.3, 0.4) is 0 Å². The average molecular weight is 217 g/mol. The van der Waals surface area contributed by atoms with Crippen LogP contribution in [0.2, 0.25) is 0 Å². The zero-order valence-corrected chi connectivity index (χ0v) is 10.0. The topological polar surface area (TPSA) is 20.3 Å². The zero-order valence-electron chi connectivity index (χ0n) is 10.0. The van der Waals surface area contributed by atoms with E-state index in [2.05, 4.69) is 24.8 Å². The number of aldehydes is 1. The fraction of sp³-hybridized carbons (Fsp3) is 0.500. The van der Waals surface area contributed by atoms with Gasteiger partial charge < -0.3 is 4.90 Å². The highest BCUT2D eigenvalue weighted by atomic mass is 16.1. The molecule has 0 radical (unpaired) electrons. The molecule has 0 N–H and O–H groups in total. The zero-order chi connectivity index (χ0) is 11.5. The summed E-state index contributed by atoms with van der Waals surface area (Å²) >= 11 is 0. The second-order valence-electron chi connectivity index (χ2n) is 5.06. The third-order valence-corrected chi connectivity index (χ3v) is 3.24. The third kappa shape index (κ3) is 2.43. The Kier molecular flexibility index (Phi) is 3.28. The van der Waals surface area contributed by atoms with Gasteiger partial charge >= 0.3 is 0 Å². The van der Waals surface area contributed by atoms with Gasteiger partial charge in [0.15, 0.2) is 0 Å². The summed E-state index contributed by atoms with van der Waals surface area (Å²) in [5.41, 5.74) is 1.95. The van der Waals surface area contributed by atoms with E-state index in [4.69, 9.17) is 0 Å². The van der Waals surface area contributed by atoms with Gasteiger partial charge in [0.2, 0.25) is 0 Å². The first-order valence-electron chi connectivity index (χ1n) is 5.99. The van der Waals surface area contributed by atoms with E-state index in [-0.39, 0.29) is 0 Å². The molecule has 2 atom stereocenters. The molecule has 2 heteroatoms. The Morgan fingerprint density at radius 2 is 1.94 bits per heavy atom. The Morgan fingerprint density at radius 3 is 2.56 bits per heavy atom. The highest BCUT2D eigenvalue weighted by Crippen LogP contribution is 2.26. The van der Waals surface area contributed by atoms with Crippen LogP contribution in [0, 0.1) is 11.8 Å². The summed E-state index contributed by atoms with van der Waals surface area (Å²) in [6.07, 6.45) is 2.23. The molecule has 0 amide bonds. The normalized spacial score (nSPS) is 25.5. The van der Waals surface area contributed by atoms with Crippen LogP contribution in [0.1, 0.15) is 30.6 Å². The van der Waals surface area contributed by atoms with Crippen molar-refractivity contribution in [2.45, 2.75) is 20.3 Å². The summed E-state index contributed by atoms with van der Waals surface area (Å²) in [6.45, 7) is 6.80. The Balaban J connectivity index is 2.19. The van der Waals surface area contributed by atoms with Crippen LogP contribution in [-0.4, -0.2) is 19.4 Å². The minimum Gasteiger partial charge on any atom is -0.371 e. The van der Waals surface area contributed by atoms with E-state index < -0.39 is 0 Å². The second-order valence-corrected chi connectivity index (χ2v) is 5.06. The molecule has 0 saturated carbocycles. The van der Waals surface area contributed by atoms with Crippen molar-refractivity contribution in [3.8, 4) is 0 Å². The smallest absolute Gasteiger partial charge is 0.150 e. The Labute approximate surface area is 97.3 Å². The van der Waals surface area contributed by atoms with E-state index in [0.717, 1.165) is 36.8 Å². The van der Waals surface area contributed by atoms with Gasteiger partial charge in [-0.25, -0.2) is 0 Å². The minimum atomic E-state index is 0.739. The number of piperidine rings is 1. The number of benzene rings is 1. The monoisotopic (exact) mass is 217 g/mol. The van der Waals surface area contributed by atoms with Crippen LogP contribution in [0.4, 0.5) is 5.69 Å². The highest BCUT2D eigenvalue weighted by Gasteiger charge is 2.21. The molecule has 0 bridgehead atoms. The number of anilines is 1. The van der Waals surface area contributed by atoms with Gasteiger partial charge in [0.05, 0.1) is 0 Å². The first-order valence-corrected chi connectivity index (χ1v) is 5.99. The number of carbonyl (C=O) groups is 1. The van der Waals surface area contributed by atoms with E-state index in [1.54, 1.807) is 0 Å². The molecule has 2 rings (SSSR count). The van der Waals surface area contributed by atoms with Crippen molar-refractivity contribution in [2.24, 2.45) is 11.8 Å². The molecule has 86 valence electrons. The lowest BCUT2D eigenvalue weighted by Gasteiger charge is -2.36. The predicted molar refractivity (Wildman–Crippen MR) is 67.0 cm³/mol. The molecule has 1 aliphatic heterocycles. The SMILES string of the molecule is CC1CC(C)CN(c2cccc(C=O)c2)C1. The fourth-order valence-electron chi connectivity index (χ4n) is 2.67. The first kappa shape index (κ1) is 11.2. The van der Waals surface area contributed by atoms with E-state index in [1.807, 2.05) is 18.2 Å². The molecular formula is C14H19NO. The van der Waals surface area contributed by atoms with Crippen LogP contribution in [0.25, 0.3) is 0 Å². The third-order valence-electron chi connectivity index (χ3n) is 3.24. The van der Waals surface area contributed by atoms with Crippen LogP contribution in [0.15, 0.2) is 24.3 Å². The lowest BCUT2D eigenvalue weighted by Crippen LogP contribution is -2.38. The Hall–Kier alpha value is -1.31. The molecule has 1 heterocycles. The maximum absolute atomic E-state index is 10.8. The van der Waals surface area contributed by atoms with E-state index in [9.17, 15) is 4.79 Å². The van der Waals surface area contributed by atoms with E-state index in [0.29, 0.717) is 0 Å². The summed E-state index contributed by atoms with van der Waals surface area (Å²) < 4.78 is 0. The first-order chi connectivity index (χ1) is 7.69. The van der Waals surface area contributed by atoms with Gasteiger partial charge in [-0.1, -0.05) is 26.0 Å². The summed E-state index contributed by atoms with van der Waals surface area (Å²) in [6, 6.07) is 7.89. The van der Waals surface area contributed by atoms with Gasteiger partial charge in [0, 0.05) is 24.3 Å². The molecule has 1 aliphatic rings. The fourth-order valence-corrected chi connectivity index (χ4v) is 2.67. The predicted octanol–water partition coefficient (Wildman–Crippen LogP) is 2.98. The van der Waals surface area contributed by atoms with Crippen LogP contribution in [-0.2, 0) is 0 Å². The number of hydrogen-bond acceptors (Lipinski definition) is 2. The largest absolute Gasteiger partial charge is 0.371 e. The maximum Gasteiger partial charge on any atom is 0.150 e. The summed E-state index contributed by atoms with van der Waals surface area (Å²) in [7, 11) is 0. The van der Waals surface area contributed by atoms with Gasteiger partial charge in [0.25, 0.3) is 0 Å². The minimum absolute atomic E-state index is 0.739. The van der Waals surface area contributed by atoms with Crippen molar-refractivity contribution in [2.75, 3.05) is 18.0 Å². The Bertz CT molecular complexity index is 365. The second kappa shape index (κ2) is 4.69. The molecule has 2 nitrogen and oxygen atoms in total. The van der Waals surface area contributed by atoms with Gasteiger partial charge in [-0.2, -0.15) is 0 Å². The number of rotatable bonds is 2. The van der Waals surface area contributed by atoms with Gasteiger partial charge in [-0.3, -0.25) is 4.79 Å². The molecular weight excluding hydrogens is 198 g/mol.